The van der Waals surface area contributed by atoms with E-state index in [2.05, 4.69) is 10.1 Å². The fourth-order valence-corrected chi connectivity index (χ4v) is 3.22. The van der Waals surface area contributed by atoms with Gasteiger partial charge in [-0.3, -0.25) is 14.5 Å². The van der Waals surface area contributed by atoms with E-state index >= 15 is 0 Å². The maximum absolute atomic E-state index is 12.6. The van der Waals surface area contributed by atoms with Crippen molar-refractivity contribution in [3.63, 3.8) is 0 Å². The zero-order chi connectivity index (χ0) is 18.8. The minimum Gasteiger partial charge on any atom is -0.370 e. The van der Waals surface area contributed by atoms with Crippen molar-refractivity contribution < 1.29 is 26.4 Å². The first kappa shape index (κ1) is 18.9. The van der Waals surface area contributed by atoms with Crippen molar-refractivity contribution in [1.82, 2.24) is 14.8 Å². The zero-order valence-corrected chi connectivity index (χ0v) is 13.9. The van der Waals surface area contributed by atoms with Gasteiger partial charge < -0.3 is 5.73 Å². The van der Waals surface area contributed by atoms with Crippen molar-refractivity contribution in [2.45, 2.75) is 24.4 Å². The van der Waals surface area contributed by atoms with Gasteiger partial charge >= 0.3 is 6.18 Å². The number of carbonyl (C=O) groups is 1. The SMILES string of the molecule is CS(=O)(=O)C(CCC(N)=O)n1cc(-c2ccc(C(F)(F)F)cn2)cn1. The molecular formula is C14H15F3N4O3S. The molecule has 1 amide bonds. The third-order valence-corrected chi connectivity index (χ3v) is 4.86. The van der Waals surface area contributed by atoms with Crippen LogP contribution in [-0.4, -0.2) is 35.3 Å². The first-order chi connectivity index (χ1) is 11.5. The van der Waals surface area contributed by atoms with Crippen LogP contribution in [0.1, 0.15) is 23.8 Å². The number of amides is 1. The lowest BCUT2D eigenvalue weighted by Crippen LogP contribution is -2.22. The number of rotatable bonds is 6. The quantitative estimate of drug-likeness (QED) is 0.827. The molecule has 2 aromatic rings. The van der Waals surface area contributed by atoms with Crippen LogP contribution in [0.3, 0.4) is 0 Å². The number of nitrogens with two attached hydrogens (primary N) is 1. The Morgan fingerprint density at radius 2 is 2.00 bits per heavy atom. The van der Waals surface area contributed by atoms with Crippen molar-refractivity contribution in [3.8, 4) is 11.3 Å². The van der Waals surface area contributed by atoms with E-state index in [1.165, 1.54) is 18.5 Å². The average molecular weight is 376 g/mol. The third-order valence-electron chi connectivity index (χ3n) is 3.42. The highest BCUT2D eigenvalue weighted by Gasteiger charge is 2.31. The average Bonchev–Trinajstić information content (AvgIpc) is 2.94. The summed E-state index contributed by atoms with van der Waals surface area (Å²) >= 11 is 0. The summed E-state index contributed by atoms with van der Waals surface area (Å²) in [6.07, 6.45) is -0.377. The molecule has 2 heterocycles. The summed E-state index contributed by atoms with van der Waals surface area (Å²) in [4.78, 5) is 14.6. The molecule has 0 aliphatic carbocycles. The summed E-state index contributed by atoms with van der Waals surface area (Å²) in [5.74, 6) is -0.648. The van der Waals surface area contributed by atoms with Crippen LogP contribution in [0.2, 0.25) is 0 Å². The molecule has 0 aromatic carbocycles. The molecule has 0 spiro atoms. The van der Waals surface area contributed by atoms with Crippen molar-refractivity contribution in [2.75, 3.05) is 6.26 Å². The summed E-state index contributed by atoms with van der Waals surface area (Å²) in [5.41, 5.74) is 4.71. The molecule has 0 aliphatic rings. The van der Waals surface area contributed by atoms with E-state index in [0.717, 1.165) is 17.0 Å². The van der Waals surface area contributed by atoms with E-state index in [9.17, 15) is 26.4 Å². The Bertz CT molecular complexity index is 860. The summed E-state index contributed by atoms with van der Waals surface area (Å²) in [6.45, 7) is 0. The second-order valence-corrected chi connectivity index (χ2v) is 7.63. The van der Waals surface area contributed by atoms with Gasteiger partial charge in [0.2, 0.25) is 5.91 Å². The van der Waals surface area contributed by atoms with Crippen LogP contribution in [0.15, 0.2) is 30.7 Å². The van der Waals surface area contributed by atoms with Gasteiger partial charge in [-0.25, -0.2) is 8.42 Å². The van der Waals surface area contributed by atoms with E-state index in [1.54, 1.807) is 0 Å². The molecule has 2 N–H and O–H groups in total. The van der Waals surface area contributed by atoms with Crippen LogP contribution in [-0.2, 0) is 20.8 Å². The lowest BCUT2D eigenvalue weighted by atomic mass is 10.2. The van der Waals surface area contributed by atoms with Gasteiger partial charge in [0.25, 0.3) is 0 Å². The molecule has 0 radical (unpaired) electrons. The largest absolute Gasteiger partial charge is 0.417 e. The predicted octanol–water partition coefficient (Wildman–Crippen LogP) is 1.77. The number of hydrogen-bond donors (Lipinski definition) is 1. The van der Waals surface area contributed by atoms with Crippen molar-refractivity contribution in [1.29, 1.82) is 0 Å². The van der Waals surface area contributed by atoms with E-state index in [-0.39, 0.29) is 18.5 Å². The Morgan fingerprint density at radius 1 is 1.32 bits per heavy atom. The molecule has 0 saturated carbocycles. The molecule has 2 aromatic heterocycles. The fraction of sp³-hybridized carbons (Fsp3) is 0.357. The summed E-state index contributed by atoms with van der Waals surface area (Å²) < 4.78 is 62.6. The Labute approximate surface area is 141 Å². The van der Waals surface area contributed by atoms with Crippen LogP contribution in [0, 0.1) is 0 Å². The van der Waals surface area contributed by atoms with Crippen LogP contribution >= 0.6 is 0 Å². The first-order valence-corrected chi connectivity index (χ1v) is 8.99. The number of alkyl halides is 3. The van der Waals surface area contributed by atoms with E-state index in [1.807, 2.05) is 0 Å². The standard InChI is InChI=1S/C14H15F3N4O3S/c1-25(23,24)13(5-4-12(18)22)21-8-9(6-20-21)11-3-2-10(7-19-11)14(15,16)17/h2-3,6-8,13H,4-5H2,1H3,(H2,18,22). The minimum atomic E-state index is -4.49. The normalized spacial score (nSPS) is 13.6. The lowest BCUT2D eigenvalue weighted by molar-refractivity contribution is -0.137. The maximum Gasteiger partial charge on any atom is 0.417 e. The molecular weight excluding hydrogens is 361 g/mol. The van der Waals surface area contributed by atoms with Gasteiger partial charge in [-0.05, 0) is 18.6 Å². The van der Waals surface area contributed by atoms with Gasteiger partial charge in [0.05, 0.1) is 17.5 Å². The van der Waals surface area contributed by atoms with Gasteiger partial charge in [0.1, 0.15) is 0 Å². The molecule has 25 heavy (non-hydrogen) atoms. The van der Waals surface area contributed by atoms with Gasteiger partial charge in [-0.1, -0.05) is 0 Å². The molecule has 1 unspecified atom stereocenters. The fourth-order valence-electron chi connectivity index (χ4n) is 2.17. The van der Waals surface area contributed by atoms with Crippen molar-refractivity contribution in [2.24, 2.45) is 5.73 Å². The van der Waals surface area contributed by atoms with Gasteiger partial charge in [-0.2, -0.15) is 18.3 Å². The Balaban J connectivity index is 2.29. The van der Waals surface area contributed by atoms with Crippen molar-refractivity contribution in [3.05, 3.63) is 36.3 Å². The Hall–Kier alpha value is -2.43. The van der Waals surface area contributed by atoms with E-state index < -0.39 is 32.9 Å². The minimum absolute atomic E-state index is 0.0598. The topological polar surface area (TPSA) is 108 Å². The first-order valence-electron chi connectivity index (χ1n) is 7.03. The number of nitrogens with zero attached hydrogens (tertiary/aromatic N) is 3. The van der Waals surface area contributed by atoms with Gasteiger partial charge in [0.15, 0.2) is 15.2 Å². The van der Waals surface area contributed by atoms with Gasteiger partial charge in [0, 0.05) is 30.6 Å². The molecule has 0 fully saturated rings. The highest BCUT2D eigenvalue weighted by atomic mass is 32.2. The summed E-state index contributed by atoms with van der Waals surface area (Å²) in [5, 5.41) is 2.82. The number of carbonyl (C=O) groups excluding carboxylic acids is 1. The molecule has 0 bridgehead atoms. The highest BCUT2D eigenvalue weighted by Crippen LogP contribution is 2.30. The Kier molecular flexibility index (Phi) is 5.16. The smallest absolute Gasteiger partial charge is 0.370 e. The Morgan fingerprint density at radius 3 is 2.48 bits per heavy atom. The highest BCUT2D eigenvalue weighted by molar-refractivity contribution is 7.90. The lowest BCUT2D eigenvalue weighted by Gasteiger charge is -2.14. The number of pyridine rings is 1. The second kappa shape index (κ2) is 6.82. The second-order valence-electron chi connectivity index (χ2n) is 5.43. The molecule has 7 nitrogen and oxygen atoms in total. The number of sulfone groups is 1. The zero-order valence-electron chi connectivity index (χ0n) is 13.1. The number of hydrogen-bond acceptors (Lipinski definition) is 5. The van der Waals surface area contributed by atoms with Crippen molar-refractivity contribution >= 4 is 15.7 Å². The van der Waals surface area contributed by atoms with Crippen LogP contribution in [0.25, 0.3) is 11.3 Å². The van der Waals surface area contributed by atoms with Crippen LogP contribution in [0.4, 0.5) is 13.2 Å². The molecule has 136 valence electrons. The molecule has 2 rings (SSSR count). The number of primary amides is 1. The molecule has 11 heteroatoms. The number of halogens is 3. The number of aromatic nitrogens is 3. The van der Waals surface area contributed by atoms with Crippen LogP contribution in [0.5, 0.6) is 0 Å². The van der Waals surface area contributed by atoms with Gasteiger partial charge in [-0.15, -0.1) is 0 Å². The van der Waals surface area contributed by atoms with E-state index in [4.69, 9.17) is 5.73 Å². The summed E-state index contributed by atoms with van der Waals surface area (Å²) in [6, 6.07) is 2.05. The summed E-state index contributed by atoms with van der Waals surface area (Å²) in [7, 11) is -3.59. The molecule has 0 aliphatic heterocycles. The monoisotopic (exact) mass is 376 g/mol. The maximum atomic E-state index is 12.6. The predicted molar refractivity (Wildman–Crippen MR) is 82.8 cm³/mol. The third kappa shape index (κ3) is 4.78. The van der Waals surface area contributed by atoms with E-state index in [0.29, 0.717) is 11.8 Å². The van der Waals surface area contributed by atoms with Crippen LogP contribution < -0.4 is 5.73 Å². The molecule has 0 saturated heterocycles. The molecule has 1 atom stereocenters.